The molecule has 1 amide bonds. The first-order chi connectivity index (χ1) is 15.4. The average Bonchev–Trinajstić information content (AvgIpc) is 3.41. The topological polar surface area (TPSA) is 112 Å². The quantitative estimate of drug-likeness (QED) is 0.513. The second kappa shape index (κ2) is 9.99. The van der Waals surface area contributed by atoms with E-state index >= 15 is 0 Å². The highest BCUT2D eigenvalue weighted by molar-refractivity contribution is 6.03. The van der Waals surface area contributed by atoms with Crippen molar-refractivity contribution in [2.75, 3.05) is 20.8 Å². The zero-order valence-corrected chi connectivity index (χ0v) is 18.6. The van der Waals surface area contributed by atoms with E-state index in [1.807, 2.05) is 31.2 Å². The Balaban J connectivity index is 1.89. The monoisotopic (exact) mass is 441 g/mol. The van der Waals surface area contributed by atoms with Crippen LogP contribution in [0.4, 0.5) is 0 Å². The lowest BCUT2D eigenvalue weighted by molar-refractivity contribution is 0.0661. The van der Waals surface area contributed by atoms with Crippen LogP contribution < -0.4 is 9.47 Å². The van der Waals surface area contributed by atoms with E-state index in [0.29, 0.717) is 31.0 Å². The van der Waals surface area contributed by atoms with E-state index in [0.717, 1.165) is 11.3 Å². The number of rotatable bonds is 10. The molecule has 1 aromatic carbocycles. The number of ether oxygens (including phenoxy) is 2. The Morgan fingerprint density at radius 1 is 1.12 bits per heavy atom. The van der Waals surface area contributed by atoms with Crippen LogP contribution in [0, 0.1) is 0 Å². The zero-order chi connectivity index (χ0) is 23.3. The number of aromatic nitrogens is 4. The van der Waals surface area contributed by atoms with Crippen LogP contribution in [0.15, 0.2) is 36.7 Å². The Kier molecular flexibility index (Phi) is 7.14. The Hall–Kier alpha value is -3.82. The van der Waals surface area contributed by atoms with Crippen molar-refractivity contribution in [2.45, 2.75) is 26.4 Å². The van der Waals surface area contributed by atoms with E-state index in [-0.39, 0.29) is 17.8 Å². The number of carboxylic acids is 1. The minimum atomic E-state index is -1.20. The fourth-order valence-corrected chi connectivity index (χ4v) is 3.55. The Labute approximate surface area is 186 Å². The van der Waals surface area contributed by atoms with Gasteiger partial charge in [-0.3, -0.25) is 14.2 Å². The Bertz CT molecular complexity index is 1100. The van der Waals surface area contributed by atoms with Gasteiger partial charge in [-0.05, 0) is 37.1 Å². The third-order valence-corrected chi connectivity index (χ3v) is 5.23. The molecule has 0 saturated carbocycles. The zero-order valence-electron chi connectivity index (χ0n) is 18.6. The van der Waals surface area contributed by atoms with E-state index < -0.39 is 11.9 Å². The molecule has 0 fully saturated rings. The molecule has 0 spiro atoms. The van der Waals surface area contributed by atoms with Gasteiger partial charge in [0.1, 0.15) is 0 Å². The maximum absolute atomic E-state index is 13.4. The number of hydrogen-bond acceptors (Lipinski definition) is 6. The summed E-state index contributed by atoms with van der Waals surface area (Å²) in [4.78, 5) is 26.7. The fraction of sp³-hybridized carbons (Fsp3) is 0.364. The van der Waals surface area contributed by atoms with Gasteiger partial charge >= 0.3 is 5.97 Å². The highest BCUT2D eigenvalue weighted by Gasteiger charge is 2.26. The van der Waals surface area contributed by atoms with Crippen molar-refractivity contribution in [3.05, 3.63) is 59.2 Å². The van der Waals surface area contributed by atoms with Crippen LogP contribution in [0.2, 0.25) is 0 Å². The van der Waals surface area contributed by atoms with Gasteiger partial charge in [0, 0.05) is 26.3 Å². The summed E-state index contributed by atoms with van der Waals surface area (Å²) in [5.41, 5.74) is 1.72. The van der Waals surface area contributed by atoms with Crippen LogP contribution in [0.3, 0.4) is 0 Å². The minimum Gasteiger partial charge on any atom is -0.493 e. The SMILES string of the molecule is CCn1nccc1CN(CCc1ccc(OC)c(OC)c1)C(=O)c1cnn(C)c1C(=O)O. The van der Waals surface area contributed by atoms with Gasteiger partial charge in [0.15, 0.2) is 17.2 Å². The second-order valence-corrected chi connectivity index (χ2v) is 7.14. The third-order valence-electron chi connectivity index (χ3n) is 5.23. The maximum Gasteiger partial charge on any atom is 0.354 e. The molecule has 32 heavy (non-hydrogen) atoms. The molecule has 3 rings (SSSR count). The number of carbonyl (C=O) groups is 2. The number of carbonyl (C=O) groups excluding carboxylic acids is 1. The van der Waals surface area contributed by atoms with E-state index in [1.54, 1.807) is 30.0 Å². The first-order valence-electron chi connectivity index (χ1n) is 10.2. The number of aryl methyl sites for hydroxylation is 2. The van der Waals surface area contributed by atoms with Gasteiger partial charge in [-0.15, -0.1) is 0 Å². The molecule has 3 aromatic rings. The first-order valence-corrected chi connectivity index (χ1v) is 10.2. The van der Waals surface area contributed by atoms with Crippen molar-refractivity contribution in [1.82, 2.24) is 24.5 Å². The summed E-state index contributed by atoms with van der Waals surface area (Å²) in [6.45, 7) is 3.27. The molecule has 0 aliphatic carbocycles. The summed E-state index contributed by atoms with van der Waals surface area (Å²) >= 11 is 0. The van der Waals surface area contributed by atoms with Crippen molar-refractivity contribution >= 4 is 11.9 Å². The lowest BCUT2D eigenvalue weighted by Gasteiger charge is -2.23. The molecular formula is C22H27N5O5. The van der Waals surface area contributed by atoms with Crippen LogP contribution in [0.25, 0.3) is 0 Å². The van der Waals surface area contributed by atoms with Crippen molar-refractivity contribution < 1.29 is 24.2 Å². The highest BCUT2D eigenvalue weighted by atomic mass is 16.5. The summed E-state index contributed by atoms with van der Waals surface area (Å²) in [5, 5.41) is 17.8. The predicted octanol–water partition coefficient (Wildman–Crippen LogP) is 2.24. The molecule has 2 heterocycles. The van der Waals surface area contributed by atoms with E-state index in [9.17, 15) is 14.7 Å². The third kappa shape index (κ3) is 4.74. The molecule has 170 valence electrons. The molecule has 0 radical (unpaired) electrons. The number of nitrogens with zero attached hydrogens (tertiary/aromatic N) is 5. The fourth-order valence-electron chi connectivity index (χ4n) is 3.55. The van der Waals surface area contributed by atoms with Gasteiger partial charge in [-0.25, -0.2) is 4.79 Å². The first kappa shape index (κ1) is 22.9. The molecule has 10 heteroatoms. The van der Waals surface area contributed by atoms with Gasteiger partial charge in [0.05, 0.1) is 38.2 Å². The number of benzene rings is 1. The molecule has 0 atom stereocenters. The number of methoxy groups -OCH3 is 2. The van der Waals surface area contributed by atoms with Crippen molar-refractivity contribution in [3.63, 3.8) is 0 Å². The van der Waals surface area contributed by atoms with Gasteiger partial charge in [0.2, 0.25) is 0 Å². The molecule has 0 saturated heterocycles. The Morgan fingerprint density at radius 2 is 1.88 bits per heavy atom. The second-order valence-electron chi connectivity index (χ2n) is 7.14. The standard InChI is InChI=1S/C22H27N5O5/c1-5-27-16(8-10-23-27)14-26(21(28)17-13-24-25(2)20(17)22(29)30)11-9-15-6-7-18(31-3)19(12-15)32-4/h6-8,10,12-13H,5,9,11,14H2,1-4H3,(H,29,30). The molecule has 2 aromatic heterocycles. The lowest BCUT2D eigenvalue weighted by Crippen LogP contribution is -2.34. The van der Waals surface area contributed by atoms with E-state index in [2.05, 4.69) is 10.2 Å². The molecule has 0 unspecified atom stereocenters. The summed E-state index contributed by atoms with van der Waals surface area (Å²) in [6.07, 6.45) is 3.52. The van der Waals surface area contributed by atoms with Gasteiger partial charge < -0.3 is 19.5 Å². The van der Waals surface area contributed by atoms with Crippen molar-refractivity contribution in [3.8, 4) is 11.5 Å². The number of aromatic carboxylic acids is 1. The maximum atomic E-state index is 13.4. The summed E-state index contributed by atoms with van der Waals surface area (Å²) < 4.78 is 13.6. The van der Waals surface area contributed by atoms with Crippen LogP contribution in [0.1, 0.15) is 39.0 Å². The molecule has 10 nitrogen and oxygen atoms in total. The molecule has 1 N–H and O–H groups in total. The number of carboxylic acid groups (broad SMARTS) is 1. The van der Waals surface area contributed by atoms with Gasteiger partial charge in [-0.2, -0.15) is 10.2 Å². The number of amides is 1. The van der Waals surface area contributed by atoms with Gasteiger partial charge in [0.25, 0.3) is 5.91 Å². The van der Waals surface area contributed by atoms with Crippen LogP contribution >= 0.6 is 0 Å². The van der Waals surface area contributed by atoms with Crippen LogP contribution in [-0.2, 0) is 26.6 Å². The van der Waals surface area contributed by atoms with E-state index in [4.69, 9.17) is 9.47 Å². The minimum absolute atomic E-state index is 0.0508. The van der Waals surface area contributed by atoms with Crippen LogP contribution in [0.5, 0.6) is 11.5 Å². The Morgan fingerprint density at radius 3 is 2.53 bits per heavy atom. The van der Waals surface area contributed by atoms with Gasteiger partial charge in [-0.1, -0.05) is 6.07 Å². The lowest BCUT2D eigenvalue weighted by atomic mass is 10.1. The van der Waals surface area contributed by atoms with E-state index in [1.165, 1.54) is 17.9 Å². The molecule has 0 aliphatic rings. The number of hydrogen-bond donors (Lipinski definition) is 1. The predicted molar refractivity (Wildman–Crippen MR) is 116 cm³/mol. The average molecular weight is 441 g/mol. The molecule has 0 bridgehead atoms. The smallest absolute Gasteiger partial charge is 0.354 e. The highest BCUT2D eigenvalue weighted by Crippen LogP contribution is 2.28. The normalized spacial score (nSPS) is 10.8. The summed E-state index contributed by atoms with van der Waals surface area (Å²) in [7, 11) is 4.64. The van der Waals surface area contributed by atoms with Crippen LogP contribution in [-0.4, -0.2) is 62.2 Å². The summed E-state index contributed by atoms with van der Waals surface area (Å²) in [5.74, 6) is -0.378. The van der Waals surface area contributed by atoms with Crippen molar-refractivity contribution in [2.24, 2.45) is 7.05 Å². The summed E-state index contributed by atoms with van der Waals surface area (Å²) in [6, 6.07) is 7.44. The molecular weight excluding hydrogens is 414 g/mol. The van der Waals surface area contributed by atoms with Crippen molar-refractivity contribution in [1.29, 1.82) is 0 Å². The molecule has 0 aliphatic heterocycles. The largest absolute Gasteiger partial charge is 0.493 e.